The molecule has 88 valence electrons. The van der Waals surface area contributed by atoms with Crippen molar-refractivity contribution in [2.45, 2.75) is 6.18 Å². The summed E-state index contributed by atoms with van der Waals surface area (Å²) in [5.41, 5.74) is -1.22. The van der Waals surface area contributed by atoms with E-state index in [1.54, 1.807) is 22.6 Å². The summed E-state index contributed by atoms with van der Waals surface area (Å²) in [5, 5.41) is -0.939. The third-order valence-corrected chi connectivity index (χ3v) is 2.80. The molecule has 0 spiro atoms. The average molecular weight is 364 g/mol. The van der Waals surface area contributed by atoms with E-state index in [4.69, 9.17) is 11.6 Å². The molecule has 0 amide bonds. The highest BCUT2D eigenvalue weighted by molar-refractivity contribution is 14.1. The fourth-order valence-electron chi connectivity index (χ4n) is 1.12. The minimum Gasteiger partial charge on any atom is -0.495 e. The van der Waals surface area contributed by atoms with Crippen LogP contribution in [0.4, 0.5) is 13.2 Å². The molecule has 0 aliphatic carbocycles. The lowest BCUT2D eigenvalue weighted by atomic mass is 10.1. The van der Waals surface area contributed by atoms with Gasteiger partial charge in [0.1, 0.15) is 5.75 Å². The van der Waals surface area contributed by atoms with Crippen molar-refractivity contribution < 1.29 is 22.7 Å². The van der Waals surface area contributed by atoms with Gasteiger partial charge in [-0.1, -0.05) is 0 Å². The number of carbonyl (C=O) groups is 1. The monoisotopic (exact) mass is 364 g/mol. The number of carbonyl (C=O) groups excluding carboxylic acids is 1. The molecule has 0 atom stereocenters. The smallest absolute Gasteiger partial charge is 0.420 e. The maximum atomic E-state index is 12.6. The first-order valence-corrected chi connectivity index (χ1v) is 5.37. The minimum atomic E-state index is -4.59. The molecular weight excluding hydrogens is 359 g/mol. The van der Waals surface area contributed by atoms with E-state index >= 15 is 0 Å². The molecule has 2 nitrogen and oxygen atoms in total. The molecule has 0 aliphatic heterocycles. The van der Waals surface area contributed by atoms with Gasteiger partial charge in [0.15, 0.2) is 0 Å². The number of halogens is 5. The Bertz CT molecular complexity index is 431. The number of hydrogen-bond acceptors (Lipinski definition) is 2. The SMILES string of the molecule is COc1c(I)cc(C(=O)Cl)cc1C(F)(F)F. The Labute approximate surface area is 108 Å². The van der Waals surface area contributed by atoms with E-state index in [0.717, 1.165) is 7.11 Å². The van der Waals surface area contributed by atoms with Crippen molar-refractivity contribution in [3.8, 4) is 5.75 Å². The summed E-state index contributed by atoms with van der Waals surface area (Å²) < 4.78 is 42.7. The molecule has 0 saturated heterocycles. The lowest BCUT2D eigenvalue weighted by Crippen LogP contribution is -2.10. The molecule has 1 rings (SSSR count). The predicted molar refractivity (Wildman–Crippen MR) is 60.9 cm³/mol. The lowest BCUT2D eigenvalue weighted by Gasteiger charge is -2.14. The molecule has 1 aromatic rings. The molecule has 0 N–H and O–H groups in total. The van der Waals surface area contributed by atoms with Gasteiger partial charge in [-0.2, -0.15) is 13.2 Å². The van der Waals surface area contributed by atoms with Crippen LogP contribution in [0.5, 0.6) is 5.75 Å². The molecule has 0 aliphatic rings. The molecule has 0 unspecified atom stereocenters. The third-order valence-electron chi connectivity index (χ3n) is 1.78. The van der Waals surface area contributed by atoms with Crippen molar-refractivity contribution >= 4 is 39.4 Å². The fraction of sp³-hybridized carbons (Fsp3) is 0.222. The van der Waals surface area contributed by atoms with Crippen LogP contribution in [0.1, 0.15) is 15.9 Å². The molecule has 0 fully saturated rings. The first-order chi connectivity index (χ1) is 7.27. The Morgan fingerprint density at radius 3 is 2.38 bits per heavy atom. The predicted octanol–water partition coefficient (Wildman–Crippen LogP) is 3.70. The largest absolute Gasteiger partial charge is 0.495 e. The zero-order valence-corrected chi connectivity index (χ0v) is 10.8. The van der Waals surface area contributed by atoms with E-state index < -0.39 is 17.0 Å². The van der Waals surface area contributed by atoms with Gasteiger partial charge < -0.3 is 4.74 Å². The van der Waals surface area contributed by atoms with Crippen molar-refractivity contribution in [1.82, 2.24) is 0 Å². The standard InChI is InChI=1S/C9H5ClF3IO2/c1-16-7-5(9(11,12)13)2-4(8(10)15)3-6(7)14/h2-3H,1H3. The van der Waals surface area contributed by atoms with Crippen molar-refractivity contribution in [3.63, 3.8) is 0 Å². The zero-order valence-electron chi connectivity index (χ0n) is 7.86. The summed E-state index contributed by atoms with van der Waals surface area (Å²) >= 11 is 6.79. The zero-order chi connectivity index (χ0) is 12.5. The van der Waals surface area contributed by atoms with Gasteiger partial charge in [0.2, 0.25) is 0 Å². The average Bonchev–Trinajstić information content (AvgIpc) is 2.14. The molecule has 16 heavy (non-hydrogen) atoms. The molecule has 0 aromatic heterocycles. The van der Waals surface area contributed by atoms with E-state index in [1.165, 1.54) is 6.07 Å². The van der Waals surface area contributed by atoms with Crippen LogP contribution in [-0.2, 0) is 6.18 Å². The van der Waals surface area contributed by atoms with Gasteiger partial charge in [0.05, 0.1) is 16.2 Å². The number of ether oxygens (including phenoxy) is 1. The van der Waals surface area contributed by atoms with Gasteiger partial charge in [-0.05, 0) is 46.3 Å². The van der Waals surface area contributed by atoms with Crippen molar-refractivity contribution in [2.75, 3.05) is 7.11 Å². The Kier molecular flexibility index (Phi) is 4.06. The van der Waals surface area contributed by atoms with Gasteiger partial charge in [0.25, 0.3) is 5.24 Å². The van der Waals surface area contributed by atoms with Crippen LogP contribution < -0.4 is 4.74 Å². The van der Waals surface area contributed by atoms with E-state index in [2.05, 4.69) is 4.74 Å². The van der Waals surface area contributed by atoms with Gasteiger partial charge >= 0.3 is 6.18 Å². The maximum absolute atomic E-state index is 12.6. The highest BCUT2D eigenvalue weighted by Crippen LogP contribution is 2.39. The second-order valence-corrected chi connectivity index (χ2v) is 4.32. The molecule has 7 heteroatoms. The number of methoxy groups -OCH3 is 1. The van der Waals surface area contributed by atoms with Crippen LogP contribution in [0.25, 0.3) is 0 Å². The summed E-state index contributed by atoms with van der Waals surface area (Å²) in [6.45, 7) is 0. The minimum absolute atomic E-state index is 0.180. The lowest BCUT2D eigenvalue weighted by molar-refractivity contribution is -0.138. The van der Waals surface area contributed by atoms with Crippen molar-refractivity contribution in [1.29, 1.82) is 0 Å². The highest BCUT2D eigenvalue weighted by Gasteiger charge is 2.36. The molecule has 1 aromatic carbocycles. The number of hydrogen-bond donors (Lipinski definition) is 0. The van der Waals surface area contributed by atoms with Crippen LogP contribution in [0.2, 0.25) is 0 Å². The normalized spacial score (nSPS) is 11.4. The summed E-state index contributed by atoms with van der Waals surface area (Å²) in [6.07, 6.45) is -4.59. The topological polar surface area (TPSA) is 26.3 Å². The van der Waals surface area contributed by atoms with Crippen LogP contribution >= 0.6 is 34.2 Å². The summed E-state index contributed by atoms with van der Waals surface area (Å²) in [7, 11) is 1.13. The second-order valence-electron chi connectivity index (χ2n) is 2.81. The fourth-order valence-corrected chi connectivity index (χ4v) is 2.08. The summed E-state index contributed by atoms with van der Waals surface area (Å²) in [6, 6.07) is 1.92. The van der Waals surface area contributed by atoms with Crippen molar-refractivity contribution in [2.24, 2.45) is 0 Å². The Hall–Kier alpha value is -0.500. The highest BCUT2D eigenvalue weighted by atomic mass is 127. The number of benzene rings is 1. The summed E-state index contributed by atoms with van der Waals surface area (Å²) in [5.74, 6) is -0.310. The molecule has 0 saturated carbocycles. The number of alkyl halides is 3. The molecule has 0 radical (unpaired) electrons. The van der Waals surface area contributed by atoms with E-state index in [-0.39, 0.29) is 14.9 Å². The van der Waals surface area contributed by atoms with Crippen LogP contribution in [-0.4, -0.2) is 12.4 Å². The summed E-state index contributed by atoms with van der Waals surface area (Å²) in [4.78, 5) is 10.8. The maximum Gasteiger partial charge on any atom is 0.420 e. The van der Waals surface area contributed by atoms with Gasteiger partial charge in [0, 0.05) is 5.56 Å². The second kappa shape index (κ2) is 4.79. The van der Waals surface area contributed by atoms with Crippen LogP contribution in [0.3, 0.4) is 0 Å². The molecular formula is C9H5ClF3IO2. The molecule has 0 bridgehead atoms. The van der Waals surface area contributed by atoms with E-state index in [9.17, 15) is 18.0 Å². The van der Waals surface area contributed by atoms with Gasteiger partial charge in [-0.25, -0.2) is 0 Å². The Morgan fingerprint density at radius 2 is 2.00 bits per heavy atom. The van der Waals surface area contributed by atoms with Crippen LogP contribution in [0, 0.1) is 3.57 Å². The first-order valence-electron chi connectivity index (χ1n) is 3.92. The molecule has 0 heterocycles. The number of rotatable bonds is 2. The van der Waals surface area contributed by atoms with Crippen molar-refractivity contribution in [3.05, 3.63) is 26.8 Å². The van der Waals surface area contributed by atoms with E-state index in [0.29, 0.717) is 6.07 Å². The van der Waals surface area contributed by atoms with E-state index in [1.807, 2.05) is 0 Å². The van der Waals surface area contributed by atoms with Gasteiger partial charge in [-0.3, -0.25) is 4.79 Å². The first kappa shape index (κ1) is 13.6. The van der Waals surface area contributed by atoms with Crippen LogP contribution in [0.15, 0.2) is 12.1 Å². The third kappa shape index (κ3) is 2.79. The quantitative estimate of drug-likeness (QED) is 0.591. The Balaban J connectivity index is 3.49. The Morgan fingerprint density at radius 1 is 1.44 bits per heavy atom. The van der Waals surface area contributed by atoms with Gasteiger partial charge in [-0.15, -0.1) is 0 Å².